The van der Waals surface area contributed by atoms with Crippen molar-refractivity contribution >= 4 is 0 Å². The quantitative estimate of drug-likeness (QED) is 0.724. The van der Waals surface area contributed by atoms with E-state index < -0.39 is 0 Å². The molecule has 0 aromatic heterocycles. The van der Waals surface area contributed by atoms with Crippen LogP contribution in [0.15, 0.2) is 0 Å². The number of nitrogens with zero attached hydrogens (tertiary/aromatic N) is 1. The third-order valence-electron chi connectivity index (χ3n) is 3.20. The largest absolute Gasteiger partial charge is 0.396 e. The van der Waals surface area contributed by atoms with Crippen molar-refractivity contribution in [1.29, 1.82) is 0 Å². The summed E-state index contributed by atoms with van der Waals surface area (Å²) < 4.78 is 0. The molecule has 1 heterocycles. The van der Waals surface area contributed by atoms with Crippen LogP contribution in [0, 0.1) is 0 Å². The van der Waals surface area contributed by atoms with Gasteiger partial charge < -0.3 is 5.11 Å². The maximum atomic E-state index is 8.76. The highest BCUT2D eigenvalue weighted by Gasteiger charge is 2.22. The smallest absolute Gasteiger partial charge is 0.0431 e. The normalized spacial score (nSPS) is 27.5. The van der Waals surface area contributed by atoms with E-state index in [1.807, 2.05) is 0 Å². The zero-order valence-electron chi connectivity index (χ0n) is 9.00. The van der Waals surface area contributed by atoms with E-state index in [1.165, 1.54) is 25.8 Å². The van der Waals surface area contributed by atoms with Crippen molar-refractivity contribution in [3.63, 3.8) is 0 Å². The number of aliphatic hydroxyl groups is 1. The number of hydrogen-bond donors (Lipinski definition) is 1. The second-order valence-corrected chi connectivity index (χ2v) is 4.30. The molecule has 1 aliphatic rings. The summed E-state index contributed by atoms with van der Waals surface area (Å²) in [6.45, 7) is 6.21. The summed E-state index contributed by atoms with van der Waals surface area (Å²) in [5.74, 6) is 0. The van der Waals surface area contributed by atoms with E-state index in [0.29, 0.717) is 12.6 Å². The van der Waals surface area contributed by atoms with E-state index in [9.17, 15) is 0 Å². The lowest BCUT2D eigenvalue weighted by Crippen LogP contribution is -2.43. The molecular weight excluding hydrogens is 162 g/mol. The molecule has 2 nitrogen and oxygen atoms in total. The van der Waals surface area contributed by atoms with E-state index in [-0.39, 0.29) is 0 Å². The van der Waals surface area contributed by atoms with Crippen LogP contribution in [0.3, 0.4) is 0 Å². The molecule has 0 aromatic rings. The van der Waals surface area contributed by atoms with Crippen molar-refractivity contribution in [1.82, 2.24) is 4.90 Å². The van der Waals surface area contributed by atoms with E-state index in [1.54, 1.807) is 0 Å². The maximum Gasteiger partial charge on any atom is 0.0431 e. The van der Waals surface area contributed by atoms with Crippen LogP contribution in [0.4, 0.5) is 0 Å². The number of hydrogen-bond acceptors (Lipinski definition) is 2. The van der Waals surface area contributed by atoms with Crippen molar-refractivity contribution in [2.75, 3.05) is 13.2 Å². The Balaban J connectivity index is 2.30. The number of rotatable bonds is 4. The van der Waals surface area contributed by atoms with Crippen LogP contribution in [0.1, 0.15) is 46.0 Å². The maximum absolute atomic E-state index is 8.76. The molecule has 1 fully saturated rings. The van der Waals surface area contributed by atoms with Gasteiger partial charge in [-0.2, -0.15) is 0 Å². The van der Waals surface area contributed by atoms with Crippen LogP contribution in [-0.2, 0) is 0 Å². The fourth-order valence-corrected chi connectivity index (χ4v) is 2.33. The van der Waals surface area contributed by atoms with Crippen LogP contribution in [-0.4, -0.2) is 35.2 Å². The first-order valence-electron chi connectivity index (χ1n) is 5.62. The molecule has 2 heteroatoms. The standard InChI is InChI=1S/C11H23NO/c1-10-6-3-4-8-12(10)11(2)7-5-9-13/h10-11,13H,3-9H2,1-2H3/t10-,11-/m0/s1. The van der Waals surface area contributed by atoms with Gasteiger partial charge in [0.05, 0.1) is 0 Å². The van der Waals surface area contributed by atoms with Crippen LogP contribution in [0.2, 0.25) is 0 Å². The van der Waals surface area contributed by atoms with Crippen LogP contribution in [0.5, 0.6) is 0 Å². The average molecular weight is 185 g/mol. The van der Waals surface area contributed by atoms with Gasteiger partial charge in [0, 0.05) is 18.7 Å². The average Bonchev–Trinajstić information content (AvgIpc) is 2.15. The Bertz CT molecular complexity index is 138. The van der Waals surface area contributed by atoms with Crippen molar-refractivity contribution in [2.24, 2.45) is 0 Å². The summed E-state index contributed by atoms with van der Waals surface area (Å²) in [7, 11) is 0. The van der Waals surface area contributed by atoms with E-state index in [4.69, 9.17) is 5.11 Å². The molecule has 1 rings (SSSR count). The lowest BCUT2D eigenvalue weighted by atomic mass is 10.00. The summed E-state index contributed by atoms with van der Waals surface area (Å²) in [4.78, 5) is 2.60. The van der Waals surface area contributed by atoms with Crippen molar-refractivity contribution in [3.8, 4) is 0 Å². The number of aliphatic hydroxyl groups excluding tert-OH is 1. The van der Waals surface area contributed by atoms with Gasteiger partial charge in [-0.1, -0.05) is 6.42 Å². The Kier molecular flexibility index (Phi) is 4.74. The third kappa shape index (κ3) is 3.28. The van der Waals surface area contributed by atoms with Gasteiger partial charge in [0.15, 0.2) is 0 Å². The Labute approximate surface area is 81.9 Å². The van der Waals surface area contributed by atoms with Gasteiger partial charge in [-0.3, -0.25) is 4.90 Å². The molecule has 0 aromatic carbocycles. The number of piperidine rings is 1. The first kappa shape index (κ1) is 11.0. The Hall–Kier alpha value is -0.0800. The minimum Gasteiger partial charge on any atom is -0.396 e. The number of likely N-dealkylation sites (tertiary alicyclic amines) is 1. The second kappa shape index (κ2) is 5.61. The first-order chi connectivity index (χ1) is 6.25. The highest BCUT2D eigenvalue weighted by molar-refractivity contribution is 4.77. The van der Waals surface area contributed by atoms with Crippen molar-refractivity contribution < 1.29 is 5.11 Å². The Morgan fingerprint density at radius 2 is 2.23 bits per heavy atom. The molecule has 1 saturated heterocycles. The highest BCUT2D eigenvalue weighted by atomic mass is 16.2. The molecule has 0 bridgehead atoms. The molecule has 0 unspecified atom stereocenters. The fraction of sp³-hybridized carbons (Fsp3) is 1.00. The molecule has 0 radical (unpaired) electrons. The summed E-state index contributed by atoms with van der Waals surface area (Å²) in [5.41, 5.74) is 0. The van der Waals surface area contributed by atoms with Gasteiger partial charge in [0.1, 0.15) is 0 Å². The first-order valence-corrected chi connectivity index (χ1v) is 5.62. The van der Waals surface area contributed by atoms with Gasteiger partial charge in [0.25, 0.3) is 0 Å². The minimum absolute atomic E-state index is 0.340. The third-order valence-corrected chi connectivity index (χ3v) is 3.20. The molecular formula is C11H23NO. The van der Waals surface area contributed by atoms with Gasteiger partial charge in [-0.05, 0) is 46.1 Å². The molecule has 1 N–H and O–H groups in total. The SMILES string of the molecule is C[C@@H](CCCO)N1CCCC[C@@H]1C. The molecule has 78 valence electrons. The molecule has 0 spiro atoms. The fourth-order valence-electron chi connectivity index (χ4n) is 2.33. The van der Waals surface area contributed by atoms with Crippen molar-refractivity contribution in [3.05, 3.63) is 0 Å². The zero-order chi connectivity index (χ0) is 9.68. The van der Waals surface area contributed by atoms with Gasteiger partial charge >= 0.3 is 0 Å². The zero-order valence-corrected chi connectivity index (χ0v) is 9.00. The van der Waals surface area contributed by atoms with E-state index in [2.05, 4.69) is 18.7 Å². The second-order valence-electron chi connectivity index (χ2n) is 4.30. The van der Waals surface area contributed by atoms with Gasteiger partial charge in [-0.15, -0.1) is 0 Å². The van der Waals surface area contributed by atoms with Crippen LogP contribution >= 0.6 is 0 Å². The summed E-state index contributed by atoms with van der Waals surface area (Å²) in [6.07, 6.45) is 6.19. The Morgan fingerprint density at radius 3 is 2.85 bits per heavy atom. The van der Waals surface area contributed by atoms with Crippen molar-refractivity contribution in [2.45, 2.75) is 58.0 Å². The van der Waals surface area contributed by atoms with E-state index >= 15 is 0 Å². The summed E-state index contributed by atoms with van der Waals surface area (Å²) in [6, 6.07) is 1.41. The molecule has 0 aliphatic carbocycles. The predicted octanol–water partition coefficient (Wildman–Crippen LogP) is 2.02. The van der Waals surface area contributed by atoms with Gasteiger partial charge in [0.2, 0.25) is 0 Å². The topological polar surface area (TPSA) is 23.5 Å². The highest BCUT2D eigenvalue weighted by Crippen LogP contribution is 2.20. The lowest BCUT2D eigenvalue weighted by molar-refractivity contribution is 0.104. The summed E-state index contributed by atoms with van der Waals surface area (Å²) >= 11 is 0. The Morgan fingerprint density at radius 1 is 1.46 bits per heavy atom. The lowest BCUT2D eigenvalue weighted by Gasteiger charge is -2.38. The molecule has 13 heavy (non-hydrogen) atoms. The minimum atomic E-state index is 0.340. The monoisotopic (exact) mass is 185 g/mol. The van der Waals surface area contributed by atoms with Gasteiger partial charge in [-0.25, -0.2) is 0 Å². The van der Waals surface area contributed by atoms with Crippen LogP contribution < -0.4 is 0 Å². The molecule has 0 saturated carbocycles. The predicted molar refractivity (Wildman–Crippen MR) is 55.8 cm³/mol. The molecule has 0 amide bonds. The summed E-state index contributed by atoms with van der Waals surface area (Å²) in [5, 5.41) is 8.76. The van der Waals surface area contributed by atoms with Crippen LogP contribution in [0.25, 0.3) is 0 Å². The van der Waals surface area contributed by atoms with E-state index in [0.717, 1.165) is 18.9 Å². The molecule has 2 atom stereocenters. The molecule has 1 aliphatic heterocycles.